The number of fused-ring (bicyclic) bond motifs is 1. The molecule has 0 amide bonds. The molecule has 0 spiro atoms. The number of nitrogens with one attached hydrogen (secondary N) is 1. The Morgan fingerprint density at radius 2 is 1.76 bits per heavy atom. The zero-order valence-corrected chi connectivity index (χ0v) is 10.8. The molecule has 1 aliphatic heterocycles. The van der Waals surface area contributed by atoms with Crippen molar-refractivity contribution in [2.45, 2.75) is 44.8 Å². The second kappa shape index (κ2) is 4.43. The molecule has 0 aromatic heterocycles. The highest BCUT2D eigenvalue weighted by atomic mass is 15.2. The molecule has 92 valence electrons. The summed E-state index contributed by atoms with van der Waals surface area (Å²) in [6.07, 6.45) is 2.49. The predicted molar refractivity (Wildman–Crippen MR) is 71.3 cm³/mol. The third kappa shape index (κ3) is 2.12. The van der Waals surface area contributed by atoms with Crippen LogP contribution in [0.3, 0.4) is 0 Å². The van der Waals surface area contributed by atoms with Gasteiger partial charge in [-0.15, -0.1) is 0 Å². The average Bonchev–Trinajstić information content (AvgIpc) is 2.75. The number of rotatable bonds is 1. The Balaban J connectivity index is 1.75. The summed E-state index contributed by atoms with van der Waals surface area (Å²) in [6.45, 7) is 6.97. The lowest BCUT2D eigenvalue weighted by molar-refractivity contribution is 0.0992. The van der Waals surface area contributed by atoms with E-state index in [0.717, 1.165) is 12.6 Å². The number of benzene rings is 1. The molecule has 0 radical (unpaired) electrons. The quantitative estimate of drug-likeness (QED) is 0.792. The molecule has 0 bridgehead atoms. The van der Waals surface area contributed by atoms with Crippen LogP contribution in [0.5, 0.6) is 0 Å². The molecule has 1 N–H and O–H groups in total. The van der Waals surface area contributed by atoms with Gasteiger partial charge in [-0.1, -0.05) is 24.3 Å². The molecule has 2 heteroatoms. The fourth-order valence-corrected chi connectivity index (χ4v) is 3.33. The Labute approximate surface area is 104 Å². The van der Waals surface area contributed by atoms with Crippen LogP contribution in [0.25, 0.3) is 0 Å². The van der Waals surface area contributed by atoms with E-state index in [1.165, 1.54) is 19.4 Å². The van der Waals surface area contributed by atoms with E-state index in [0.29, 0.717) is 12.1 Å². The zero-order valence-electron chi connectivity index (χ0n) is 10.8. The van der Waals surface area contributed by atoms with Crippen LogP contribution in [0.15, 0.2) is 24.3 Å². The molecule has 3 rings (SSSR count). The topological polar surface area (TPSA) is 15.3 Å². The van der Waals surface area contributed by atoms with Crippen molar-refractivity contribution < 1.29 is 0 Å². The molecule has 1 heterocycles. The highest BCUT2D eigenvalue weighted by molar-refractivity contribution is 5.33. The van der Waals surface area contributed by atoms with Crippen molar-refractivity contribution in [3.63, 3.8) is 0 Å². The number of piperazine rings is 1. The summed E-state index contributed by atoms with van der Waals surface area (Å²) < 4.78 is 0. The molecule has 2 unspecified atom stereocenters. The van der Waals surface area contributed by atoms with Gasteiger partial charge in [0.1, 0.15) is 0 Å². The maximum Gasteiger partial charge on any atom is 0.0196 e. The van der Waals surface area contributed by atoms with Gasteiger partial charge in [0, 0.05) is 31.2 Å². The first-order valence-electron chi connectivity index (χ1n) is 6.80. The lowest BCUT2D eigenvalue weighted by atomic mass is 10.1. The summed E-state index contributed by atoms with van der Waals surface area (Å²) in [6, 6.07) is 11.0. The first kappa shape index (κ1) is 11.2. The van der Waals surface area contributed by atoms with Gasteiger partial charge in [-0.3, -0.25) is 4.90 Å². The van der Waals surface area contributed by atoms with E-state index >= 15 is 0 Å². The summed E-state index contributed by atoms with van der Waals surface area (Å²) in [5.41, 5.74) is 3.13. The second-order valence-corrected chi connectivity index (χ2v) is 5.69. The van der Waals surface area contributed by atoms with Crippen molar-refractivity contribution in [1.82, 2.24) is 10.2 Å². The van der Waals surface area contributed by atoms with E-state index in [4.69, 9.17) is 0 Å². The van der Waals surface area contributed by atoms with Gasteiger partial charge in [0.2, 0.25) is 0 Å². The number of nitrogens with zero attached hydrogens (tertiary/aromatic N) is 1. The van der Waals surface area contributed by atoms with E-state index in [1.54, 1.807) is 11.1 Å². The van der Waals surface area contributed by atoms with Crippen LogP contribution in [0.1, 0.15) is 25.0 Å². The van der Waals surface area contributed by atoms with Gasteiger partial charge >= 0.3 is 0 Å². The van der Waals surface area contributed by atoms with E-state index in [-0.39, 0.29) is 0 Å². The van der Waals surface area contributed by atoms with Gasteiger partial charge in [-0.25, -0.2) is 0 Å². The van der Waals surface area contributed by atoms with Crippen molar-refractivity contribution in [3.05, 3.63) is 35.4 Å². The summed E-state index contributed by atoms with van der Waals surface area (Å²) in [5, 5.41) is 3.56. The van der Waals surface area contributed by atoms with Gasteiger partial charge in [0.15, 0.2) is 0 Å². The summed E-state index contributed by atoms with van der Waals surface area (Å²) in [4.78, 5) is 2.71. The monoisotopic (exact) mass is 230 g/mol. The lowest BCUT2D eigenvalue weighted by Gasteiger charge is -2.41. The van der Waals surface area contributed by atoms with Gasteiger partial charge in [0.25, 0.3) is 0 Å². The normalized spacial score (nSPS) is 30.5. The fourth-order valence-electron chi connectivity index (χ4n) is 3.33. The van der Waals surface area contributed by atoms with Crippen LogP contribution in [0.2, 0.25) is 0 Å². The van der Waals surface area contributed by atoms with Crippen LogP contribution in [-0.4, -0.2) is 36.1 Å². The number of hydrogen-bond donors (Lipinski definition) is 1. The number of hydrogen-bond acceptors (Lipinski definition) is 2. The minimum absolute atomic E-state index is 0.634. The maximum absolute atomic E-state index is 3.56. The fraction of sp³-hybridized carbons (Fsp3) is 0.600. The van der Waals surface area contributed by atoms with Crippen LogP contribution in [0, 0.1) is 0 Å². The van der Waals surface area contributed by atoms with Crippen LogP contribution in [-0.2, 0) is 12.8 Å². The molecule has 1 fully saturated rings. The smallest absolute Gasteiger partial charge is 0.0196 e. The summed E-state index contributed by atoms with van der Waals surface area (Å²) in [7, 11) is 0. The lowest BCUT2D eigenvalue weighted by Crippen LogP contribution is -2.57. The zero-order chi connectivity index (χ0) is 11.8. The van der Waals surface area contributed by atoms with E-state index in [2.05, 4.69) is 48.3 Å². The van der Waals surface area contributed by atoms with E-state index < -0.39 is 0 Å². The molecule has 2 atom stereocenters. The molecule has 17 heavy (non-hydrogen) atoms. The van der Waals surface area contributed by atoms with Gasteiger partial charge in [0.05, 0.1) is 0 Å². The molecule has 0 saturated carbocycles. The third-order valence-corrected chi connectivity index (χ3v) is 4.31. The molecule has 2 aliphatic rings. The Bertz CT molecular complexity index is 377. The maximum atomic E-state index is 3.56. The Kier molecular flexibility index (Phi) is 2.93. The Morgan fingerprint density at radius 1 is 1.12 bits per heavy atom. The first-order chi connectivity index (χ1) is 8.24. The molecule has 1 aromatic rings. The van der Waals surface area contributed by atoms with Crippen molar-refractivity contribution >= 4 is 0 Å². The van der Waals surface area contributed by atoms with Crippen molar-refractivity contribution in [2.75, 3.05) is 13.1 Å². The molecule has 1 aromatic carbocycles. The van der Waals surface area contributed by atoms with Gasteiger partial charge in [-0.05, 0) is 37.8 Å². The predicted octanol–water partition coefficient (Wildman–Crippen LogP) is 1.84. The first-order valence-corrected chi connectivity index (χ1v) is 6.80. The Hall–Kier alpha value is -0.860. The van der Waals surface area contributed by atoms with Crippen LogP contribution in [0.4, 0.5) is 0 Å². The molecular formula is C15H22N2. The molecular weight excluding hydrogens is 208 g/mol. The SMILES string of the molecule is CC1CN(C2Cc3ccccc3C2)C(C)CN1. The summed E-state index contributed by atoms with van der Waals surface area (Å²) in [5.74, 6) is 0. The van der Waals surface area contributed by atoms with Gasteiger partial charge in [-0.2, -0.15) is 0 Å². The van der Waals surface area contributed by atoms with Crippen molar-refractivity contribution in [3.8, 4) is 0 Å². The molecule has 1 saturated heterocycles. The van der Waals surface area contributed by atoms with Crippen LogP contribution >= 0.6 is 0 Å². The Morgan fingerprint density at radius 3 is 2.41 bits per heavy atom. The largest absolute Gasteiger partial charge is 0.311 e. The average molecular weight is 230 g/mol. The summed E-state index contributed by atoms with van der Waals surface area (Å²) >= 11 is 0. The molecule has 1 aliphatic carbocycles. The van der Waals surface area contributed by atoms with Crippen LogP contribution < -0.4 is 5.32 Å². The van der Waals surface area contributed by atoms with Gasteiger partial charge < -0.3 is 5.32 Å². The highest BCUT2D eigenvalue weighted by Crippen LogP contribution is 2.27. The minimum Gasteiger partial charge on any atom is -0.311 e. The minimum atomic E-state index is 0.634. The van der Waals surface area contributed by atoms with Crippen molar-refractivity contribution in [1.29, 1.82) is 0 Å². The highest BCUT2D eigenvalue weighted by Gasteiger charge is 2.32. The molecule has 2 nitrogen and oxygen atoms in total. The second-order valence-electron chi connectivity index (χ2n) is 5.69. The van der Waals surface area contributed by atoms with Crippen molar-refractivity contribution in [2.24, 2.45) is 0 Å². The van der Waals surface area contributed by atoms with E-state index in [1.807, 2.05) is 0 Å². The standard InChI is InChI=1S/C15H22N2/c1-11-10-17(12(2)9-16-11)15-7-13-5-3-4-6-14(13)8-15/h3-6,11-12,15-16H,7-10H2,1-2H3. The van der Waals surface area contributed by atoms with E-state index in [9.17, 15) is 0 Å². The third-order valence-electron chi connectivity index (χ3n) is 4.31.